The molecular weight excluding hydrogens is 374 g/mol. The molecule has 0 fully saturated rings. The van der Waals surface area contributed by atoms with Crippen molar-refractivity contribution in [3.05, 3.63) is 64.7 Å². The van der Waals surface area contributed by atoms with Gasteiger partial charge in [-0.25, -0.2) is 4.98 Å². The molecule has 0 saturated heterocycles. The number of para-hydroxylation sites is 1. The minimum Gasteiger partial charge on any atom is -0.356 e. The molecule has 0 unspecified atom stereocenters. The van der Waals surface area contributed by atoms with Crippen LogP contribution in [0.2, 0.25) is 0 Å². The number of carbonyl (C=O) groups is 3. The highest BCUT2D eigenvalue weighted by Crippen LogP contribution is 2.23. The number of aromatic nitrogens is 1. The van der Waals surface area contributed by atoms with Gasteiger partial charge in [-0.3, -0.25) is 19.3 Å². The maximum Gasteiger partial charge on any atom is 0.261 e. The van der Waals surface area contributed by atoms with Crippen molar-refractivity contribution in [2.45, 2.75) is 19.3 Å². The fourth-order valence-electron chi connectivity index (χ4n) is 3.26. The van der Waals surface area contributed by atoms with Crippen molar-refractivity contribution in [3.8, 4) is 0 Å². The van der Waals surface area contributed by atoms with Gasteiger partial charge >= 0.3 is 0 Å². The first-order valence-corrected chi connectivity index (χ1v) is 10.0. The van der Waals surface area contributed by atoms with Crippen LogP contribution in [-0.4, -0.2) is 40.7 Å². The summed E-state index contributed by atoms with van der Waals surface area (Å²) >= 11 is 1.63. The Bertz CT molecular complexity index is 992. The first kappa shape index (κ1) is 18.3. The monoisotopic (exact) mass is 393 g/mol. The number of hydrogen-bond acceptors (Lipinski definition) is 5. The molecule has 0 saturated carbocycles. The minimum atomic E-state index is -0.281. The van der Waals surface area contributed by atoms with Crippen LogP contribution in [0.1, 0.15) is 38.6 Å². The predicted molar refractivity (Wildman–Crippen MR) is 107 cm³/mol. The summed E-state index contributed by atoms with van der Waals surface area (Å²) < 4.78 is 1.14. The molecule has 0 atom stereocenters. The second kappa shape index (κ2) is 7.90. The highest BCUT2D eigenvalue weighted by molar-refractivity contribution is 7.18. The summed E-state index contributed by atoms with van der Waals surface area (Å²) in [6, 6.07) is 14.8. The molecule has 2 heterocycles. The summed E-state index contributed by atoms with van der Waals surface area (Å²) in [5, 5.41) is 3.87. The lowest BCUT2D eigenvalue weighted by Crippen LogP contribution is -2.32. The van der Waals surface area contributed by atoms with Crippen LogP contribution in [0.5, 0.6) is 0 Å². The normalized spacial score (nSPS) is 13.2. The van der Waals surface area contributed by atoms with Gasteiger partial charge in [-0.15, -0.1) is 11.3 Å². The minimum absolute atomic E-state index is 0.0854. The van der Waals surface area contributed by atoms with E-state index in [2.05, 4.69) is 10.3 Å². The van der Waals surface area contributed by atoms with Gasteiger partial charge in [0, 0.05) is 25.9 Å². The van der Waals surface area contributed by atoms with Gasteiger partial charge in [0.2, 0.25) is 5.91 Å². The van der Waals surface area contributed by atoms with E-state index in [0.29, 0.717) is 30.5 Å². The van der Waals surface area contributed by atoms with E-state index < -0.39 is 0 Å². The Morgan fingerprint density at radius 3 is 2.39 bits per heavy atom. The van der Waals surface area contributed by atoms with Gasteiger partial charge in [-0.05, 0) is 30.7 Å². The van der Waals surface area contributed by atoms with Crippen molar-refractivity contribution in [2.24, 2.45) is 0 Å². The number of benzene rings is 2. The van der Waals surface area contributed by atoms with E-state index in [1.54, 1.807) is 35.6 Å². The smallest absolute Gasteiger partial charge is 0.261 e. The summed E-state index contributed by atoms with van der Waals surface area (Å²) in [4.78, 5) is 42.4. The number of amides is 3. The van der Waals surface area contributed by atoms with Crippen molar-refractivity contribution < 1.29 is 14.4 Å². The van der Waals surface area contributed by atoms with E-state index >= 15 is 0 Å². The van der Waals surface area contributed by atoms with Crippen molar-refractivity contribution in [2.75, 3.05) is 13.1 Å². The number of carbonyl (C=O) groups excluding carboxylic acids is 3. The second-order valence-corrected chi connectivity index (χ2v) is 7.70. The van der Waals surface area contributed by atoms with Crippen LogP contribution in [0.4, 0.5) is 0 Å². The molecule has 1 N–H and O–H groups in total. The van der Waals surface area contributed by atoms with E-state index in [0.717, 1.165) is 15.2 Å². The Labute approximate surface area is 166 Å². The molecule has 4 rings (SSSR count). The van der Waals surface area contributed by atoms with E-state index in [1.165, 1.54) is 4.90 Å². The molecule has 1 aliphatic heterocycles. The molecule has 0 radical (unpaired) electrons. The van der Waals surface area contributed by atoms with Gasteiger partial charge in [0.05, 0.1) is 26.4 Å². The topological polar surface area (TPSA) is 79.4 Å². The number of nitrogens with one attached hydrogen (secondary N) is 1. The summed E-state index contributed by atoms with van der Waals surface area (Å²) in [6.07, 6.45) is 1.40. The first-order valence-electron chi connectivity index (χ1n) is 9.20. The van der Waals surface area contributed by atoms with E-state index in [9.17, 15) is 14.4 Å². The molecule has 1 aromatic heterocycles. The number of imide groups is 1. The molecule has 3 amide bonds. The van der Waals surface area contributed by atoms with Crippen LogP contribution in [0, 0.1) is 0 Å². The van der Waals surface area contributed by atoms with E-state index in [-0.39, 0.29) is 30.7 Å². The zero-order chi connectivity index (χ0) is 19.5. The Hall–Kier alpha value is -3.06. The van der Waals surface area contributed by atoms with Gasteiger partial charge in [0.25, 0.3) is 11.8 Å². The molecule has 1 aliphatic rings. The fourth-order valence-corrected chi connectivity index (χ4v) is 4.23. The fraction of sp³-hybridized carbons (Fsp3) is 0.238. The molecule has 3 aromatic rings. The largest absolute Gasteiger partial charge is 0.356 e. The number of hydrogen-bond donors (Lipinski definition) is 1. The summed E-state index contributed by atoms with van der Waals surface area (Å²) in [7, 11) is 0. The average Bonchev–Trinajstić information content (AvgIpc) is 3.22. The Morgan fingerprint density at radius 1 is 1.00 bits per heavy atom. The molecule has 2 aromatic carbocycles. The third-order valence-electron chi connectivity index (χ3n) is 4.66. The molecule has 0 aliphatic carbocycles. The lowest BCUT2D eigenvalue weighted by molar-refractivity contribution is -0.121. The van der Waals surface area contributed by atoms with Gasteiger partial charge < -0.3 is 5.32 Å². The second-order valence-electron chi connectivity index (χ2n) is 6.59. The van der Waals surface area contributed by atoms with Crippen molar-refractivity contribution >= 4 is 39.3 Å². The van der Waals surface area contributed by atoms with E-state index in [4.69, 9.17) is 0 Å². The highest BCUT2D eigenvalue weighted by Gasteiger charge is 2.34. The zero-order valence-corrected chi connectivity index (χ0v) is 16.0. The Balaban J connectivity index is 1.21. The van der Waals surface area contributed by atoms with Crippen LogP contribution in [-0.2, 0) is 11.2 Å². The third-order valence-corrected chi connectivity index (χ3v) is 5.76. The molecular formula is C21H19N3O3S. The molecule has 0 bridgehead atoms. The maximum absolute atomic E-state index is 12.3. The highest BCUT2D eigenvalue weighted by atomic mass is 32.1. The van der Waals surface area contributed by atoms with Gasteiger partial charge in [-0.1, -0.05) is 24.3 Å². The first-order chi connectivity index (χ1) is 13.6. The van der Waals surface area contributed by atoms with Crippen LogP contribution in [0.25, 0.3) is 10.2 Å². The van der Waals surface area contributed by atoms with Gasteiger partial charge in [-0.2, -0.15) is 0 Å². The average molecular weight is 393 g/mol. The van der Waals surface area contributed by atoms with E-state index in [1.807, 2.05) is 24.3 Å². The molecule has 142 valence electrons. The number of fused-ring (bicyclic) bond motifs is 2. The maximum atomic E-state index is 12.3. The third kappa shape index (κ3) is 3.66. The van der Waals surface area contributed by atoms with Crippen molar-refractivity contribution in [1.29, 1.82) is 0 Å². The quantitative estimate of drug-likeness (QED) is 0.626. The lowest BCUT2D eigenvalue weighted by Gasteiger charge is -2.13. The van der Waals surface area contributed by atoms with Crippen LogP contribution >= 0.6 is 11.3 Å². The van der Waals surface area contributed by atoms with Crippen LogP contribution in [0.15, 0.2) is 48.5 Å². The summed E-state index contributed by atoms with van der Waals surface area (Å²) in [5.41, 5.74) is 1.86. The SMILES string of the molecule is O=C(CCCN1C(=O)c2ccccc2C1=O)NCCc1nc2ccccc2s1. The molecule has 28 heavy (non-hydrogen) atoms. The Kier molecular flexibility index (Phi) is 5.16. The number of rotatable bonds is 7. The van der Waals surface area contributed by atoms with Crippen molar-refractivity contribution in [3.63, 3.8) is 0 Å². The molecule has 7 heteroatoms. The predicted octanol–water partition coefficient (Wildman–Crippen LogP) is 3.03. The Morgan fingerprint density at radius 2 is 1.68 bits per heavy atom. The summed E-state index contributed by atoms with van der Waals surface area (Å²) in [6.45, 7) is 0.767. The van der Waals surface area contributed by atoms with Gasteiger partial charge in [0.1, 0.15) is 0 Å². The lowest BCUT2D eigenvalue weighted by atomic mass is 10.1. The molecule has 6 nitrogen and oxygen atoms in total. The van der Waals surface area contributed by atoms with Crippen molar-refractivity contribution in [1.82, 2.24) is 15.2 Å². The zero-order valence-electron chi connectivity index (χ0n) is 15.2. The standard InChI is InChI=1S/C21H19N3O3S/c25-18(22-12-11-19-23-16-8-3-4-9-17(16)28-19)10-5-13-24-20(26)14-6-1-2-7-15(14)21(24)27/h1-4,6-9H,5,10-13H2,(H,22,25). The van der Waals surface area contributed by atoms with Crippen LogP contribution < -0.4 is 5.32 Å². The molecule has 0 spiro atoms. The summed E-state index contributed by atoms with van der Waals surface area (Å²) in [5.74, 6) is -0.647. The number of nitrogens with zero attached hydrogens (tertiary/aromatic N) is 2. The van der Waals surface area contributed by atoms with Crippen LogP contribution in [0.3, 0.4) is 0 Å². The van der Waals surface area contributed by atoms with Gasteiger partial charge in [0.15, 0.2) is 0 Å². The number of thiazole rings is 1.